The first-order valence-electron chi connectivity index (χ1n) is 10.1. The molecule has 9 heteroatoms. The summed E-state index contributed by atoms with van der Waals surface area (Å²) < 4.78 is 3.60. The zero-order valence-corrected chi connectivity index (χ0v) is 17.2. The molecule has 0 radical (unpaired) electrons. The van der Waals surface area contributed by atoms with Crippen molar-refractivity contribution in [2.75, 3.05) is 12.4 Å². The van der Waals surface area contributed by atoms with Crippen molar-refractivity contribution in [2.45, 2.75) is 31.7 Å². The van der Waals surface area contributed by atoms with E-state index < -0.39 is 5.91 Å². The minimum atomic E-state index is -0.512. The van der Waals surface area contributed by atoms with Gasteiger partial charge in [0.2, 0.25) is 0 Å². The first-order valence-corrected chi connectivity index (χ1v) is 10.1. The molecule has 2 unspecified atom stereocenters. The number of nitrogens with one attached hydrogen (secondary N) is 1. The number of carbonyl (C=O) groups is 1. The lowest BCUT2D eigenvalue weighted by Crippen LogP contribution is -2.25. The van der Waals surface area contributed by atoms with Crippen molar-refractivity contribution in [3.8, 4) is 11.3 Å². The van der Waals surface area contributed by atoms with Crippen LogP contribution in [0.3, 0.4) is 0 Å². The maximum atomic E-state index is 12.1. The van der Waals surface area contributed by atoms with E-state index in [4.69, 9.17) is 10.8 Å². The van der Waals surface area contributed by atoms with Crippen LogP contribution in [0, 0.1) is 5.92 Å². The van der Waals surface area contributed by atoms with Gasteiger partial charge in [0, 0.05) is 56.1 Å². The molecule has 9 nitrogen and oxygen atoms in total. The number of aryl methyl sites for hydroxylation is 1. The Hall–Kier alpha value is -3.49. The van der Waals surface area contributed by atoms with Gasteiger partial charge in [-0.05, 0) is 25.0 Å². The van der Waals surface area contributed by atoms with Crippen molar-refractivity contribution in [3.63, 3.8) is 0 Å². The number of nitrogens with two attached hydrogens (primary N) is 1. The number of amides is 1. The average molecular weight is 406 g/mol. The summed E-state index contributed by atoms with van der Waals surface area (Å²) in [4.78, 5) is 20.7. The summed E-state index contributed by atoms with van der Waals surface area (Å²) in [7, 11) is 3.65. The third-order valence-corrected chi connectivity index (χ3v) is 5.48. The third kappa shape index (κ3) is 4.10. The predicted octanol–water partition coefficient (Wildman–Crippen LogP) is 2.95. The van der Waals surface area contributed by atoms with Crippen LogP contribution in [0.5, 0.6) is 0 Å². The van der Waals surface area contributed by atoms with Gasteiger partial charge in [-0.2, -0.15) is 10.2 Å². The van der Waals surface area contributed by atoms with E-state index in [0.29, 0.717) is 17.3 Å². The molecule has 0 aliphatic heterocycles. The van der Waals surface area contributed by atoms with E-state index in [2.05, 4.69) is 20.4 Å². The van der Waals surface area contributed by atoms with E-state index in [-0.39, 0.29) is 6.04 Å². The van der Waals surface area contributed by atoms with E-state index in [1.165, 1.54) is 6.42 Å². The standard InChI is InChI=1S/C21H26N8O/c1-23-10-14-5-3-4-6-19(14)29-13-17(20(22)30)21(27-29)26-16-7-8-24-18(9-16)15-11-25-28(2)12-15/h7-14,19H,3-6H2,1-2H3,(H2,22,30)(H,24,26,27). The van der Waals surface area contributed by atoms with Crippen LogP contribution in [0.2, 0.25) is 0 Å². The Bertz CT molecular complexity index is 1070. The van der Waals surface area contributed by atoms with Gasteiger partial charge in [-0.15, -0.1) is 0 Å². The topological polar surface area (TPSA) is 116 Å². The highest BCUT2D eigenvalue weighted by atomic mass is 16.1. The van der Waals surface area contributed by atoms with Crippen molar-refractivity contribution in [1.29, 1.82) is 0 Å². The number of hydrogen-bond donors (Lipinski definition) is 2. The second kappa shape index (κ2) is 8.48. The van der Waals surface area contributed by atoms with Gasteiger partial charge in [0.15, 0.2) is 5.82 Å². The Morgan fingerprint density at radius 3 is 2.90 bits per heavy atom. The second-order valence-electron chi connectivity index (χ2n) is 7.62. The van der Waals surface area contributed by atoms with Gasteiger partial charge in [-0.3, -0.25) is 19.1 Å². The molecule has 1 aliphatic carbocycles. The fourth-order valence-electron chi connectivity index (χ4n) is 4.02. The van der Waals surface area contributed by atoms with Gasteiger partial charge < -0.3 is 16.0 Å². The number of rotatable bonds is 6. The molecule has 4 rings (SSSR count). The molecule has 3 N–H and O–H groups in total. The van der Waals surface area contributed by atoms with Crippen LogP contribution in [0.25, 0.3) is 11.3 Å². The minimum Gasteiger partial charge on any atom is -0.365 e. The average Bonchev–Trinajstić information content (AvgIpc) is 3.35. The molecule has 0 aromatic carbocycles. The van der Waals surface area contributed by atoms with Crippen LogP contribution < -0.4 is 11.1 Å². The quantitative estimate of drug-likeness (QED) is 0.611. The first-order chi connectivity index (χ1) is 14.5. The predicted molar refractivity (Wildman–Crippen MR) is 116 cm³/mol. The summed E-state index contributed by atoms with van der Waals surface area (Å²) in [6, 6.07) is 3.89. The molecular formula is C21H26N8O. The number of primary amides is 1. The number of aliphatic imine (C=N–C) groups is 1. The van der Waals surface area contributed by atoms with Crippen molar-refractivity contribution in [3.05, 3.63) is 42.5 Å². The van der Waals surface area contributed by atoms with Gasteiger partial charge >= 0.3 is 0 Å². The maximum absolute atomic E-state index is 12.1. The second-order valence-corrected chi connectivity index (χ2v) is 7.62. The number of nitrogens with zero attached hydrogens (tertiary/aromatic N) is 6. The molecule has 1 amide bonds. The van der Waals surface area contributed by atoms with Crippen LogP contribution in [-0.2, 0) is 7.05 Å². The van der Waals surface area contributed by atoms with E-state index in [0.717, 1.165) is 36.2 Å². The summed E-state index contributed by atoms with van der Waals surface area (Å²) >= 11 is 0. The molecule has 3 heterocycles. The Morgan fingerprint density at radius 2 is 2.17 bits per heavy atom. The van der Waals surface area contributed by atoms with E-state index in [1.54, 1.807) is 30.3 Å². The van der Waals surface area contributed by atoms with Crippen LogP contribution >= 0.6 is 0 Å². The van der Waals surface area contributed by atoms with Crippen LogP contribution in [-0.4, -0.2) is 43.7 Å². The Kier molecular flexibility index (Phi) is 5.60. The SMILES string of the molecule is CN=CC1CCCCC1n1cc(C(N)=O)c(Nc2ccnc(-c3cnn(C)c3)c2)n1. The number of hydrogen-bond acceptors (Lipinski definition) is 6. The molecule has 1 saturated carbocycles. The molecule has 3 aromatic heterocycles. The Labute approximate surface area is 175 Å². The fourth-order valence-corrected chi connectivity index (χ4v) is 4.02. The van der Waals surface area contributed by atoms with Gasteiger partial charge in [0.25, 0.3) is 5.91 Å². The highest BCUT2D eigenvalue weighted by Crippen LogP contribution is 2.34. The van der Waals surface area contributed by atoms with Gasteiger partial charge in [-0.25, -0.2) is 0 Å². The molecule has 30 heavy (non-hydrogen) atoms. The molecule has 3 aromatic rings. The van der Waals surface area contributed by atoms with E-state index in [1.807, 2.05) is 36.3 Å². The van der Waals surface area contributed by atoms with Crippen molar-refractivity contribution >= 4 is 23.6 Å². The number of aromatic nitrogens is 5. The van der Waals surface area contributed by atoms with Gasteiger partial charge in [0.05, 0.1) is 17.9 Å². The van der Waals surface area contributed by atoms with Crippen LogP contribution in [0.15, 0.2) is 41.9 Å². The maximum Gasteiger partial charge on any atom is 0.254 e. The summed E-state index contributed by atoms with van der Waals surface area (Å²) in [6.45, 7) is 0. The van der Waals surface area contributed by atoms with Crippen LogP contribution in [0.4, 0.5) is 11.5 Å². The molecular weight excluding hydrogens is 380 g/mol. The van der Waals surface area contributed by atoms with Crippen molar-refractivity contribution < 1.29 is 4.79 Å². The lowest BCUT2D eigenvalue weighted by atomic mass is 9.85. The van der Waals surface area contributed by atoms with E-state index >= 15 is 0 Å². The minimum absolute atomic E-state index is 0.166. The zero-order chi connectivity index (χ0) is 21.1. The summed E-state index contributed by atoms with van der Waals surface area (Å²) in [5.41, 5.74) is 8.47. The molecule has 0 spiro atoms. The molecule has 156 valence electrons. The molecule has 0 saturated heterocycles. The molecule has 1 fully saturated rings. The smallest absolute Gasteiger partial charge is 0.254 e. The van der Waals surface area contributed by atoms with Crippen molar-refractivity contribution in [1.82, 2.24) is 24.5 Å². The zero-order valence-electron chi connectivity index (χ0n) is 17.2. The summed E-state index contributed by atoms with van der Waals surface area (Å²) in [6.07, 6.45) is 13.5. The normalized spacial score (nSPS) is 19.3. The Morgan fingerprint density at radius 1 is 1.33 bits per heavy atom. The monoisotopic (exact) mass is 406 g/mol. The number of pyridine rings is 1. The number of carbonyl (C=O) groups excluding carboxylic acids is 1. The van der Waals surface area contributed by atoms with Crippen LogP contribution in [0.1, 0.15) is 42.1 Å². The third-order valence-electron chi connectivity index (χ3n) is 5.48. The van der Waals surface area contributed by atoms with E-state index in [9.17, 15) is 4.79 Å². The lowest BCUT2D eigenvalue weighted by Gasteiger charge is -2.29. The Balaban J connectivity index is 1.64. The first kappa shape index (κ1) is 19.8. The van der Waals surface area contributed by atoms with Crippen molar-refractivity contribution in [2.24, 2.45) is 23.7 Å². The highest BCUT2D eigenvalue weighted by Gasteiger charge is 2.28. The largest absolute Gasteiger partial charge is 0.365 e. The molecule has 1 aliphatic rings. The van der Waals surface area contributed by atoms with Gasteiger partial charge in [0.1, 0.15) is 5.56 Å². The molecule has 2 atom stereocenters. The number of anilines is 2. The molecule has 0 bridgehead atoms. The highest BCUT2D eigenvalue weighted by molar-refractivity contribution is 5.98. The summed E-state index contributed by atoms with van der Waals surface area (Å²) in [5.74, 6) is 0.237. The fraction of sp³-hybridized carbons (Fsp3) is 0.381. The van der Waals surface area contributed by atoms with Gasteiger partial charge in [-0.1, -0.05) is 12.8 Å². The lowest BCUT2D eigenvalue weighted by molar-refractivity contribution is 0.100. The summed E-state index contributed by atoms with van der Waals surface area (Å²) in [5, 5.41) is 12.1.